The Balaban J connectivity index is 2.29. The molecule has 1 atom stereocenters. The lowest BCUT2D eigenvalue weighted by Gasteiger charge is -2.03. The highest BCUT2D eigenvalue weighted by molar-refractivity contribution is 5.02. The number of nitrogens with two attached hydrogens (primary N) is 1. The van der Waals surface area contributed by atoms with Crippen LogP contribution in [-0.4, -0.2) is 12.7 Å². The zero-order valence-electron chi connectivity index (χ0n) is 5.26. The Labute approximate surface area is 53.5 Å². The van der Waals surface area contributed by atoms with Gasteiger partial charge in [-0.3, -0.25) is 10.3 Å². The Morgan fingerprint density at radius 3 is 3.22 bits per heavy atom. The van der Waals surface area contributed by atoms with Gasteiger partial charge in [0.25, 0.3) is 0 Å². The molecule has 0 fully saturated rings. The van der Waals surface area contributed by atoms with Gasteiger partial charge in [0.05, 0.1) is 0 Å². The second kappa shape index (κ2) is 2.82. The summed E-state index contributed by atoms with van der Waals surface area (Å²) in [7, 11) is 0. The number of hydroxylamine groups is 1. The van der Waals surface area contributed by atoms with Crippen LogP contribution in [0.4, 0.5) is 0 Å². The van der Waals surface area contributed by atoms with Crippen molar-refractivity contribution in [2.45, 2.75) is 13.0 Å². The minimum Gasteiger partial charge on any atom is -0.301 e. The van der Waals surface area contributed by atoms with Gasteiger partial charge in [-0.2, -0.15) is 0 Å². The first kappa shape index (κ1) is 6.54. The first-order valence-corrected chi connectivity index (χ1v) is 2.74. The van der Waals surface area contributed by atoms with Crippen molar-refractivity contribution in [2.24, 2.45) is 5.90 Å². The molecule has 4 nitrogen and oxygen atoms in total. The molecule has 0 amide bonds. The summed E-state index contributed by atoms with van der Waals surface area (Å²) in [5.41, 5.74) is 3.68. The predicted molar refractivity (Wildman–Crippen MR) is 31.9 cm³/mol. The molecule has 3 N–H and O–H groups in total. The molecule has 0 aromatic carbocycles. The van der Waals surface area contributed by atoms with Crippen molar-refractivity contribution in [1.29, 1.82) is 0 Å². The van der Waals surface area contributed by atoms with Crippen LogP contribution in [0.3, 0.4) is 0 Å². The number of hydrogen-bond donors (Lipinski definition) is 2. The highest BCUT2D eigenvalue weighted by atomic mass is 16.7. The fourth-order valence-corrected chi connectivity index (χ4v) is 0.692. The highest BCUT2D eigenvalue weighted by Crippen LogP contribution is 2.04. The first-order chi connectivity index (χ1) is 4.33. The van der Waals surface area contributed by atoms with Gasteiger partial charge >= 0.3 is 0 Å². The third-order valence-electron chi connectivity index (χ3n) is 1.07. The molecular formula is C5H10N2O2. The Morgan fingerprint density at radius 2 is 2.78 bits per heavy atom. The topological polar surface area (TPSA) is 56.5 Å². The molecule has 0 aromatic rings. The molecule has 0 saturated heterocycles. The lowest BCUT2D eigenvalue weighted by molar-refractivity contribution is -0.0154. The van der Waals surface area contributed by atoms with Crippen LogP contribution in [-0.2, 0) is 9.68 Å². The molecule has 1 aliphatic rings. The van der Waals surface area contributed by atoms with Crippen molar-refractivity contribution in [3.63, 3.8) is 0 Å². The highest BCUT2D eigenvalue weighted by Gasteiger charge is 2.12. The van der Waals surface area contributed by atoms with Crippen molar-refractivity contribution >= 4 is 0 Å². The molecular weight excluding hydrogens is 120 g/mol. The molecule has 0 radical (unpaired) electrons. The Morgan fingerprint density at radius 1 is 2.00 bits per heavy atom. The van der Waals surface area contributed by atoms with Gasteiger partial charge in [0.1, 0.15) is 12.7 Å². The van der Waals surface area contributed by atoms with Gasteiger partial charge in [-0.15, -0.1) is 0 Å². The normalized spacial score (nSPS) is 25.6. The molecule has 0 saturated carbocycles. The fraction of sp³-hybridized carbons (Fsp3) is 0.600. The zero-order chi connectivity index (χ0) is 6.69. The summed E-state index contributed by atoms with van der Waals surface area (Å²) in [6.07, 6.45) is 1.88. The smallest absolute Gasteiger partial charge is 0.131 e. The summed E-state index contributed by atoms with van der Waals surface area (Å²) >= 11 is 0. The predicted octanol–water partition coefficient (Wildman–Crippen LogP) is -0.316. The Hall–Kier alpha value is -0.580. The van der Waals surface area contributed by atoms with Crippen LogP contribution in [0.25, 0.3) is 0 Å². The molecule has 9 heavy (non-hydrogen) atoms. The quantitative estimate of drug-likeness (QED) is 0.503. The molecule has 1 heterocycles. The SMILES string of the molecule is CC1=CC(CON)ON1. The average Bonchev–Trinajstić information content (AvgIpc) is 2.17. The van der Waals surface area contributed by atoms with E-state index < -0.39 is 0 Å². The summed E-state index contributed by atoms with van der Waals surface area (Å²) in [5, 5.41) is 0. The lowest BCUT2D eigenvalue weighted by Crippen LogP contribution is -2.19. The van der Waals surface area contributed by atoms with E-state index in [4.69, 9.17) is 10.7 Å². The second-order valence-electron chi connectivity index (χ2n) is 1.94. The van der Waals surface area contributed by atoms with Crippen LogP contribution in [0.5, 0.6) is 0 Å². The van der Waals surface area contributed by atoms with Crippen molar-refractivity contribution in [2.75, 3.05) is 6.61 Å². The van der Waals surface area contributed by atoms with Crippen LogP contribution in [0.2, 0.25) is 0 Å². The maximum Gasteiger partial charge on any atom is 0.131 e. The fourth-order valence-electron chi connectivity index (χ4n) is 0.692. The van der Waals surface area contributed by atoms with Gasteiger partial charge in [0.2, 0.25) is 0 Å². The van der Waals surface area contributed by atoms with Gasteiger partial charge in [-0.05, 0) is 13.0 Å². The number of hydrogen-bond acceptors (Lipinski definition) is 4. The Bertz CT molecular complexity index is 124. The van der Waals surface area contributed by atoms with Crippen molar-refractivity contribution < 1.29 is 9.68 Å². The minimum atomic E-state index is -0.0324. The van der Waals surface area contributed by atoms with Crippen LogP contribution in [0.15, 0.2) is 11.8 Å². The molecule has 0 aromatic heterocycles. The van der Waals surface area contributed by atoms with Gasteiger partial charge in [0, 0.05) is 5.70 Å². The number of rotatable bonds is 2. The largest absolute Gasteiger partial charge is 0.301 e. The third kappa shape index (κ3) is 1.67. The molecule has 0 bridgehead atoms. The van der Waals surface area contributed by atoms with Crippen molar-refractivity contribution in [3.05, 3.63) is 11.8 Å². The van der Waals surface area contributed by atoms with Gasteiger partial charge < -0.3 is 4.84 Å². The summed E-state index contributed by atoms with van der Waals surface area (Å²) < 4.78 is 0. The lowest BCUT2D eigenvalue weighted by atomic mass is 10.3. The van der Waals surface area contributed by atoms with Gasteiger partial charge in [-0.1, -0.05) is 0 Å². The first-order valence-electron chi connectivity index (χ1n) is 2.74. The molecule has 1 rings (SSSR count). The van der Waals surface area contributed by atoms with E-state index in [0.29, 0.717) is 6.61 Å². The van der Waals surface area contributed by atoms with Gasteiger partial charge in [0.15, 0.2) is 0 Å². The number of allylic oxidation sites excluding steroid dienone is 1. The van der Waals surface area contributed by atoms with Crippen LogP contribution in [0.1, 0.15) is 6.92 Å². The van der Waals surface area contributed by atoms with Crippen molar-refractivity contribution in [1.82, 2.24) is 5.48 Å². The maximum absolute atomic E-state index is 4.96. The summed E-state index contributed by atoms with van der Waals surface area (Å²) in [6, 6.07) is 0. The molecule has 1 unspecified atom stereocenters. The molecule has 0 spiro atoms. The van der Waals surface area contributed by atoms with E-state index in [1.807, 2.05) is 13.0 Å². The summed E-state index contributed by atoms with van der Waals surface area (Å²) in [6.45, 7) is 2.31. The Kier molecular flexibility index (Phi) is 2.05. The van der Waals surface area contributed by atoms with Crippen LogP contribution in [0, 0.1) is 0 Å². The van der Waals surface area contributed by atoms with Gasteiger partial charge in [-0.25, -0.2) is 5.90 Å². The molecule has 52 valence electrons. The van der Waals surface area contributed by atoms with E-state index in [1.165, 1.54) is 0 Å². The van der Waals surface area contributed by atoms with E-state index >= 15 is 0 Å². The maximum atomic E-state index is 4.96. The summed E-state index contributed by atoms with van der Waals surface area (Å²) in [4.78, 5) is 9.32. The monoisotopic (exact) mass is 130 g/mol. The van der Waals surface area contributed by atoms with E-state index in [-0.39, 0.29) is 6.10 Å². The zero-order valence-corrected chi connectivity index (χ0v) is 5.26. The molecule has 4 heteroatoms. The van der Waals surface area contributed by atoms with E-state index in [0.717, 1.165) is 5.70 Å². The minimum absolute atomic E-state index is 0.0324. The van der Waals surface area contributed by atoms with Crippen LogP contribution < -0.4 is 11.4 Å². The van der Waals surface area contributed by atoms with E-state index in [2.05, 4.69) is 10.3 Å². The standard InChI is InChI=1S/C5H10N2O2/c1-4-2-5(3-8-6)9-7-4/h2,5,7H,3,6H2,1H3. The average molecular weight is 130 g/mol. The molecule has 0 aliphatic carbocycles. The summed E-state index contributed by atoms with van der Waals surface area (Å²) in [5.74, 6) is 4.82. The molecule has 1 aliphatic heterocycles. The van der Waals surface area contributed by atoms with Crippen molar-refractivity contribution in [3.8, 4) is 0 Å². The van der Waals surface area contributed by atoms with E-state index in [9.17, 15) is 0 Å². The third-order valence-corrected chi connectivity index (χ3v) is 1.07. The van der Waals surface area contributed by atoms with E-state index in [1.54, 1.807) is 0 Å². The second-order valence-corrected chi connectivity index (χ2v) is 1.94. The number of nitrogens with one attached hydrogen (secondary N) is 1. The van der Waals surface area contributed by atoms with Crippen LogP contribution >= 0.6 is 0 Å².